The van der Waals surface area contributed by atoms with E-state index in [0.717, 1.165) is 37.4 Å². The van der Waals surface area contributed by atoms with Crippen LogP contribution in [-0.2, 0) is 0 Å². The van der Waals surface area contributed by atoms with Crippen LogP contribution in [0.15, 0.2) is 28.8 Å². The third-order valence-electron chi connectivity index (χ3n) is 5.31. The molecular formula is C19H26N6O3. The van der Waals surface area contributed by atoms with Crippen LogP contribution >= 0.6 is 0 Å². The van der Waals surface area contributed by atoms with E-state index in [2.05, 4.69) is 20.8 Å². The minimum Gasteiger partial charge on any atom is -0.497 e. The molecule has 9 heteroatoms. The number of hydrogen-bond acceptors (Lipinski definition) is 7. The van der Waals surface area contributed by atoms with Crippen LogP contribution < -0.4 is 20.3 Å². The molecule has 9 nitrogen and oxygen atoms in total. The van der Waals surface area contributed by atoms with E-state index in [4.69, 9.17) is 9.26 Å². The van der Waals surface area contributed by atoms with Crippen LogP contribution in [-0.4, -0.2) is 74.0 Å². The summed E-state index contributed by atoms with van der Waals surface area (Å²) in [6.07, 6.45) is 1.13. The van der Waals surface area contributed by atoms with Gasteiger partial charge in [0.2, 0.25) is 5.82 Å². The number of methoxy groups -OCH3 is 1. The maximum Gasteiger partial charge on any atom is 0.324 e. The lowest BCUT2D eigenvalue weighted by Gasteiger charge is -2.33. The van der Waals surface area contributed by atoms with Crippen LogP contribution in [0.4, 0.5) is 10.8 Å². The van der Waals surface area contributed by atoms with E-state index in [1.807, 2.05) is 34.1 Å². The number of aromatic nitrogens is 2. The number of carbonyl (C=O) groups is 1. The number of carbonyl (C=O) groups excluding carboxylic acids is 1. The molecule has 0 radical (unpaired) electrons. The molecule has 0 aliphatic carbocycles. The van der Waals surface area contributed by atoms with Gasteiger partial charge in [-0.2, -0.15) is 4.98 Å². The molecule has 2 aliphatic rings. The molecule has 0 saturated carbocycles. The van der Waals surface area contributed by atoms with Gasteiger partial charge in [-0.25, -0.2) is 4.79 Å². The van der Waals surface area contributed by atoms with Crippen LogP contribution in [0, 0.1) is 5.92 Å². The van der Waals surface area contributed by atoms with Crippen molar-refractivity contribution in [1.29, 1.82) is 0 Å². The Morgan fingerprint density at radius 1 is 1.29 bits per heavy atom. The summed E-state index contributed by atoms with van der Waals surface area (Å²) in [5, 5.41) is 10.4. The van der Waals surface area contributed by atoms with E-state index in [-0.39, 0.29) is 6.03 Å². The third-order valence-corrected chi connectivity index (χ3v) is 5.31. The first kappa shape index (κ1) is 18.5. The predicted molar refractivity (Wildman–Crippen MR) is 104 cm³/mol. The van der Waals surface area contributed by atoms with Crippen molar-refractivity contribution >= 4 is 12.0 Å². The highest BCUT2D eigenvalue weighted by molar-refractivity contribution is 5.74. The standard InChI is InChI=1S/C19H26N6O3/c1-27-16-4-2-15(3-5-16)17-22-19(28-23-17)25-10-8-24(9-11-25)18(26)21-13-14-6-7-20-12-14/h2-5,14,20H,6-13H2,1H3,(H,21,26). The van der Waals surface area contributed by atoms with Crippen LogP contribution in [0.2, 0.25) is 0 Å². The van der Waals surface area contributed by atoms with E-state index in [1.165, 1.54) is 0 Å². The fraction of sp³-hybridized carbons (Fsp3) is 0.526. The minimum absolute atomic E-state index is 0.0102. The van der Waals surface area contributed by atoms with Gasteiger partial charge in [0, 0.05) is 38.3 Å². The van der Waals surface area contributed by atoms with Crippen LogP contribution in [0.3, 0.4) is 0 Å². The fourth-order valence-electron chi connectivity index (χ4n) is 3.53. The molecule has 2 amide bonds. The zero-order chi connectivity index (χ0) is 19.3. The maximum absolute atomic E-state index is 12.4. The normalized spacial score (nSPS) is 19.7. The monoisotopic (exact) mass is 386 g/mol. The zero-order valence-electron chi connectivity index (χ0n) is 16.1. The zero-order valence-corrected chi connectivity index (χ0v) is 16.1. The van der Waals surface area contributed by atoms with Gasteiger partial charge in [0.05, 0.1) is 7.11 Å². The quantitative estimate of drug-likeness (QED) is 0.797. The summed E-state index contributed by atoms with van der Waals surface area (Å²) in [5.74, 6) is 1.87. The molecule has 28 heavy (non-hydrogen) atoms. The van der Waals surface area contributed by atoms with Gasteiger partial charge in [-0.05, 0) is 49.7 Å². The molecule has 2 aromatic rings. The van der Waals surface area contributed by atoms with Crippen LogP contribution in [0.5, 0.6) is 5.75 Å². The molecule has 1 unspecified atom stereocenters. The molecular weight excluding hydrogens is 360 g/mol. The number of hydrogen-bond donors (Lipinski definition) is 2. The fourth-order valence-corrected chi connectivity index (χ4v) is 3.53. The molecule has 2 fully saturated rings. The number of nitrogens with zero attached hydrogens (tertiary/aromatic N) is 4. The summed E-state index contributed by atoms with van der Waals surface area (Å²) >= 11 is 0. The highest BCUT2D eigenvalue weighted by Crippen LogP contribution is 2.23. The second-order valence-corrected chi connectivity index (χ2v) is 7.15. The Hall–Kier alpha value is -2.81. The molecule has 0 bridgehead atoms. The van der Waals surface area contributed by atoms with Crippen molar-refractivity contribution in [1.82, 2.24) is 25.7 Å². The topological polar surface area (TPSA) is 95.8 Å². The number of urea groups is 1. The summed E-state index contributed by atoms with van der Waals surface area (Å²) in [7, 11) is 1.63. The largest absolute Gasteiger partial charge is 0.497 e. The third kappa shape index (κ3) is 4.19. The molecule has 2 saturated heterocycles. The number of benzene rings is 1. The number of anilines is 1. The first-order valence-corrected chi connectivity index (χ1v) is 9.69. The molecule has 4 rings (SSSR count). The number of rotatable bonds is 5. The number of nitrogens with one attached hydrogen (secondary N) is 2. The second-order valence-electron chi connectivity index (χ2n) is 7.15. The molecule has 2 N–H and O–H groups in total. The lowest BCUT2D eigenvalue weighted by molar-refractivity contribution is 0.191. The predicted octanol–water partition coefficient (Wildman–Crippen LogP) is 1.19. The molecule has 0 spiro atoms. The summed E-state index contributed by atoms with van der Waals surface area (Å²) < 4.78 is 10.6. The van der Waals surface area contributed by atoms with E-state index in [1.54, 1.807) is 7.11 Å². The SMILES string of the molecule is COc1ccc(-c2noc(N3CCN(C(=O)NCC4CCNC4)CC3)n2)cc1. The van der Waals surface area contributed by atoms with Crippen molar-refractivity contribution in [2.75, 3.05) is 57.8 Å². The van der Waals surface area contributed by atoms with E-state index >= 15 is 0 Å². The number of piperazine rings is 1. The lowest BCUT2D eigenvalue weighted by atomic mass is 10.1. The lowest BCUT2D eigenvalue weighted by Crippen LogP contribution is -2.52. The first-order chi connectivity index (χ1) is 13.7. The van der Waals surface area contributed by atoms with Gasteiger partial charge in [-0.3, -0.25) is 0 Å². The highest BCUT2D eigenvalue weighted by atomic mass is 16.5. The number of ether oxygens (including phenoxy) is 1. The smallest absolute Gasteiger partial charge is 0.324 e. The van der Waals surface area contributed by atoms with E-state index in [9.17, 15) is 4.79 Å². The van der Waals surface area contributed by atoms with Crippen molar-refractivity contribution in [3.63, 3.8) is 0 Å². The van der Waals surface area contributed by atoms with Gasteiger partial charge in [-0.15, -0.1) is 0 Å². The number of amides is 2. The Kier molecular flexibility index (Phi) is 5.61. The first-order valence-electron chi connectivity index (χ1n) is 9.69. The molecule has 1 aromatic carbocycles. The van der Waals surface area contributed by atoms with Crippen molar-refractivity contribution < 1.29 is 14.1 Å². The Balaban J connectivity index is 1.28. The van der Waals surface area contributed by atoms with Crippen molar-refractivity contribution in [3.8, 4) is 17.1 Å². The second kappa shape index (κ2) is 8.47. The Bertz CT molecular complexity index is 779. The Morgan fingerprint density at radius 3 is 2.75 bits per heavy atom. The average molecular weight is 386 g/mol. The maximum atomic E-state index is 12.4. The molecule has 150 valence electrons. The summed E-state index contributed by atoms with van der Waals surface area (Å²) in [6, 6.07) is 8.03. The van der Waals surface area contributed by atoms with Crippen LogP contribution in [0.1, 0.15) is 6.42 Å². The van der Waals surface area contributed by atoms with Crippen molar-refractivity contribution in [2.45, 2.75) is 6.42 Å². The molecule has 2 aliphatic heterocycles. The van der Waals surface area contributed by atoms with Gasteiger partial charge in [0.1, 0.15) is 5.75 Å². The van der Waals surface area contributed by atoms with Gasteiger partial charge in [0.25, 0.3) is 0 Å². The molecule has 1 aromatic heterocycles. The molecule has 1 atom stereocenters. The van der Waals surface area contributed by atoms with E-state index in [0.29, 0.717) is 43.9 Å². The molecule has 3 heterocycles. The minimum atomic E-state index is 0.0102. The highest BCUT2D eigenvalue weighted by Gasteiger charge is 2.25. The average Bonchev–Trinajstić information content (AvgIpc) is 3.44. The van der Waals surface area contributed by atoms with Gasteiger partial charge in [-0.1, -0.05) is 5.16 Å². The van der Waals surface area contributed by atoms with Crippen LogP contribution in [0.25, 0.3) is 11.4 Å². The summed E-state index contributed by atoms with van der Waals surface area (Å²) in [4.78, 5) is 20.7. The van der Waals surface area contributed by atoms with Crippen molar-refractivity contribution in [3.05, 3.63) is 24.3 Å². The Labute approximate surface area is 164 Å². The summed E-state index contributed by atoms with van der Waals surface area (Å²) in [6.45, 7) is 5.37. The van der Waals surface area contributed by atoms with E-state index < -0.39 is 0 Å². The van der Waals surface area contributed by atoms with Gasteiger partial charge < -0.3 is 29.7 Å². The summed E-state index contributed by atoms with van der Waals surface area (Å²) in [5.41, 5.74) is 0.871. The van der Waals surface area contributed by atoms with Crippen molar-refractivity contribution in [2.24, 2.45) is 5.92 Å². The Morgan fingerprint density at radius 2 is 2.07 bits per heavy atom. The van der Waals surface area contributed by atoms with Gasteiger partial charge in [0.15, 0.2) is 0 Å². The van der Waals surface area contributed by atoms with Gasteiger partial charge >= 0.3 is 12.0 Å².